The zero-order valence-corrected chi connectivity index (χ0v) is 11.4. The van der Waals surface area contributed by atoms with Gasteiger partial charge in [0.25, 0.3) is 0 Å². The molecule has 0 radical (unpaired) electrons. The van der Waals surface area contributed by atoms with Gasteiger partial charge in [0.1, 0.15) is 0 Å². The molecule has 0 saturated carbocycles. The van der Waals surface area contributed by atoms with Gasteiger partial charge in [-0.25, -0.2) is 0 Å². The lowest BCUT2D eigenvalue weighted by molar-refractivity contribution is 0.294. The van der Waals surface area contributed by atoms with Crippen molar-refractivity contribution in [2.24, 2.45) is 0 Å². The van der Waals surface area contributed by atoms with Crippen LogP contribution in [-0.4, -0.2) is 34.5 Å². The minimum Gasteiger partial charge on any atom is -0.297 e. The third-order valence-electron chi connectivity index (χ3n) is 2.48. The second-order valence-corrected chi connectivity index (χ2v) is 4.92. The fourth-order valence-electron chi connectivity index (χ4n) is 1.61. The molecule has 2 nitrogen and oxygen atoms in total. The molecule has 0 bridgehead atoms. The first-order valence-electron chi connectivity index (χ1n) is 6.06. The maximum atomic E-state index is 4.31. The van der Waals surface area contributed by atoms with Gasteiger partial charge < -0.3 is 0 Å². The van der Waals surface area contributed by atoms with Crippen molar-refractivity contribution in [3.63, 3.8) is 0 Å². The standard InChI is InChI=1S/C11H16N2S.C2H6/c1-10-2-3-11(8-12-10)9-13-4-6-14-7-5-13;1-2/h2-3,8H,4-7,9H2,1H3;1-2H3. The molecule has 1 fully saturated rings. The van der Waals surface area contributed by atoms with Crippen LogP contribution < -0.4 is 0 Å². The van der Waals surface area contributed by atoms with Crippen LogP contribution in [0.1, 0.15) is 25.1 Å². The third kappa shape index (κ3) is 4.54. The van der Waals surface area contributed by atoms with Gasteiger partial charge in [0, 0.05) is 43.0 Å². The molecular weight excluding hydrogens is 216 g/mol. The summed E-state index contributed by atoms with van der Waals surface area (Å²) in [6.07, 6.45) is 2.00. The Balaban J connectivity index is 0.000000606. The van der Waals surface area contributed by atoms with E-state index in [-0.39, 0.29) is 0 Å². The number of hydrogen-bond acceptors (Lipinski definition) is 3. The SMILES string of the molecule is CC.Cc1ccc(CN2CCSCC2)cn1. The van der Waals surface area contributed by atoms with Crippen molar-refractivity contribution < 1.29 is 0 Å². The minimum atomic E-state index is 1.06. The van der Waals surface area contributed by atoms with Crippen molar-refractivity contribution in [3.8, 4) is 0 Å². The van der Waals surface area contributed by atoms with Gasteiger partial charge in [-0.3, -0.25) is 9.88 Å². The maximum Gasteiger partial charge on any atom is 0.0372 e. The highest BCUT2D eigenvalue weighted by atomic mass is 32.2. The molecule has 1 aromatic rings. The molecule has 1 saturated heterocycles. The van der Waals surface area contributed by atoms with Gasteiger partial charge in [-0.05, 0) is 18.6 Å². The van der Waals surface area contributed by atoms with Gasteiger partial charge in [-0.2, -0.15) is 11.8 Å². The summed E-state index contributed by atoms with van der Waals surface area (Å²) < 4.78 is 0. The highest BCUT2D eigenvalue weighted by Crippen LogP contribution is 2.12. The molecule has 0 aromatic carbocycles. The summed E-state index contributed by atoms with van der Waals surface area (Å²) >= 11 is 2.05. The van der Waals surface area contributed by atoms with Crippen LogP contribution in [0.25, 0.3) is 0 Å². The molecule has 1 aliphatic rings. The Labute approximate surface area is 103 Å². The number of hydrogen-bond donors (Lipinski definition) is 0. The van der Waals surface area contributed by atoms with Crippen LogP contribution in [0.4, 0.5) is 0 Å². The second-order valence-electron chi connectivity index (χ2n) is 3.70. The lowest BCUT2D eigenvalue weighted by Crippen LogP contribution is -2.31. The fraction of sp³-hybridized carbons (Fsp3) is 0.615. The Morgan fingerprint density at radius 1 is 1.25 bits per heavy atom. The van der Waals surface area contributed by atoms with E-state index in [0.29, 0.717) is 0 Å². The smallest absolute Gasteiger partial charge is 0.0372 e. The van der Waals surface area contributed by atoms with Gasteiger partial charge >= 0.3 is 0 Å². The molecule has 0 atom stereocenters. The average molecular weight is 238 g/mol. The van der Waals surface area contributed by atoms with Gasteiger partial charge in [-0.15, -0.1) is 0 Å². The summed E-state index contributed by atoms with van der Waals surface area (Å²) in [4.78, 5) is 6.82. The summed E-state index contributed by atoms with van der Waals surface area (Å²) in [5.41, 5.74) is 2.44. The van der Waals surface area contributed by atoms with Crippen LogP contribution in [-0.2, 0) is 6.54 Å². The molecule has 0 aliphatic carbocycles. The van der Waals surface area contributed by atoms with E-state index in [1.54, 1.807) is 0 Å². The predicted octanol–water partition coefficient (Wildman–Crippen LogP) is 2.97. The summed E-state index contributed by atoms with van der Waals surface area (Å²) in [5, 5.41) is 0. The van der Waals surface area contributed by atoms with Gasteiger partial charge in [0.15, 0.2) is 0 Å². The highest BCUT2D eigenvalue weighted by molar-refractivity contribution is 7.99. The van der Waals surface area contributed by atoms with Crippen LogP contribution in [0, 0.1) is 6.92 Å². The molecule has 0 N–H and O–H groups in total. The van der Waals surface area contributed by atoms with Crippen molar-refractivity contribution in [1.82, 2.24) is 9.88 Å². The fourth-order valence-corrected chi connectivity index (χ4v) is 2.59. The quantitative estimate of drug-likeness (QED) is 0.788. The van der Waals surface area contributed by atoms with E-state index in [1.807, 2.05) is 27.0 Å². The molecule has 0 unspecified atom stereocenters. The number of thioether (sulfide) groups is 1. The molecule has 90 valence electrons. The highest BCUT2D eigenvalue weighted by Gasteiger charge is 2.10. The predicted molar refractivity (Wildman–Crippen MR) is 72.9 cm³/mol. The zero-order valence-electron chi connectivity index (χ0n) is 10.6. The Kier molecular flexibility index (Phi) is 6.50. The minimum absolute atomic E-state index is 1.06. The number of nitrogens with zero attached hydrogens (tertiary/aromatic N) is 2. The van der Waals surface area contributed by atoms with Crippen molar-refractivity contribution >= 4 is 11.8 Å². The molecule has 1 aliphatic heterocycles. The summed E-state index contributed by atoms with van der Waals surface area (Å²) in [6.45, 7) is 9.53. The van der Waals surface area contributed by atoms with Gasteiger partial charge in [-0.1, -0.05) is 19.9 Å². The summed E-state index contributed by atoms with van der Waals surface area (Å²) in [7, 11) is 0. The molecule has 1 aromatic heterocycles. The van der Waals surface area contributed by atoms with E-state index in [4.69, 9.17) is 0 Å². The maximum absolute atomic E-state index is 4.31. The molecule has 16 heavy (non-hydrogen) atoms. The van der Waals surface area contributed by atoms with Crippen LogP contribution in [0.5, 0.6) is 0 Å². The normalized spacial score (nSPS) is 16.4. The topological polar surface area (TPSA) is 16.1 Å². The first-order valence-corrected chi connectivity index (χ1v) is 7.22. The van der Waals surface area contributed by atoms with Gasteiger partial charge in [0.2, 0.25) is 0 Å². The van der Waals surface area contributed by atoms with E-state index >= 15 is 0 Å². The first kappa shape index (κ1) is 13.5. The summed E-state index contributed by atoms with van der Waals surface area (Å²) in [6, 6.07) is 4.28. The van der Waals surface area contributed by atoms with E-state index in [9.17, 15) is 0 Å². The van der Waals surface area contributed by atoms with Crippen molar-refractivity contribution in [1.29, 1.82) is 0 Å². The summed E-state index contributed by atoms with van der Waals surface area (Å²) in [5.74, 6) is 2.55. The zero-order chi connectivity index (χ0) is 11.8. The molecule has 0 amide bonds. The number of pyridine rings is 1. The van der Waals surface area contributed by atoms with Crippen molar-refractivity contribution in [3.05, 3.63) is 29.6 Å². The van der Waals surface area contributed by atoms with Crippen LogP contribution >= 0.6 is 11.8 Å². The number of aromatic nitrogens is 1. The van der Waals surface area contributed by atoms with Crippen LogP contribution in [0.15, 0.2) is 18.3 Å². The molecular formula is C13H22N2S. The van der Waals surface area contributed by atoms with E-state index < -0.39 is 0 Å². The Hall–Kier alpha value is -0.540. The molecule has 2 rings (SSSR count). The molecule has 2 heterocycles. The monoisotopic (exact) mass is 238 g/mol. The first-order chi connectivity index (χ1) is 7.84. The van der Waals surface area contributed by atoms with Crippen molar-refractivity contribution in [2.45, 2.75) is 27.3 Å². The third-order valence-corrected chi connectivity index (χ3v) is 3.43. The number of rotatable bonds is 2. The molecule has 0 spiro atoms. The lowest BCUT2D eigenvalue weighted by Gasteiger charge is -2.25. The average Bonchev–Trinajstić information content (AvgIpc) is 2.36. The van der Waals surface area contributed by atoms with E-state index in [1.165, 1.54) is 30.2 Å². The second kappa shape index (κ2) is 7.69. The Morgan fingerprint density at radius 3 is 2.50 bits per heavy atom. The lowest BCUT2D eigenvalue weighted by atomic mass is 10.2. The van der Waals surface area contributed by atoms with E-state index in [2.05, 4.69) is 33.8 Å². The molecule has 3 heteroatoms. The van der Waals surface area contributed by atoms with E-state index in [0.717, 1.165) is 12.2 Å². The van der Waals surface area contributed by atoms with Crippen LogP contribution in [0.2, 0.25) is 0 Å². The van der Waals surface area contributed by atoms with Gasteiger partial charge in [0.05, 0.1) is 0 Å². The number of aryl methyl sites for hydroxylation is 1. The Bertz CT molecular complexity index is 278. The largest absolute Gasteiger partial charge is 0.297 e. The van der Waals surface area contributed by atoms with Crippen LogP contribution in [0.3, 0.4) is 0 Å². The Morgan fingerprint density at radius 2 is 1.94 bits per heavy atom. The van der Waals surface area contributed by atoms with Crippen molar-refractivity contribution in [2.75, 3.05) is 24.6 Å².